The van der Waals surface area contributed by atoms with Gasteiger partial charge in [-0.05, 0) is 56.8 Å². The molecule has 1 aromatic carbocycles. The lowest BCUT2D eigenvalue weighted by molar-refractivity contribution is 0.889. The van der Waals surface area contributed by atoms with Crippen LogP contribution in [0.5, 0.6) is 0 Å². The third kappa shape index (κ3) is 4.29. The largest absolute Gasteiger partial charge is 0.383 e. The van der Waals surface area contributed by atoms with Gasteiger partial charge in [0.25, 0.3) is 0 Å². The number of halogens is 3. The van der Waals surface area contributed by atoms with Crippen molar-refractivity contribution in [3.05, 3.63) is 38.2 Å². The van der Waals surface area contributed by atoms with Gasteiger partial charge in [-0.3, -0.25) is 0 Å². The first-order valence-electron chi connectivity index (χ1n) is 4.64. The topological polar surface area (TPSA) is 12.0 Å². The number of hydrogen-bond acceptors (Lipinski definition) is 1. The van der Waals surface area contributed by atoms with E-state index in [1.54, 1.807) is 0 Å². The maximum atomic E-state index is 3.70. The summed E-state index contributed by atoms with van der Waals surface area (Å²) in [6, 6.07) is 4.06. The van der Waals surface area contributed by atoms with Crippen molar-refractivity contribution in [2.24, 2.45) is 0 Å². The van der Waals surface area contributed by atoms with Crippen LogP contribution in [0.1, 0.15) is 12.8 Å². The lowest BCUT2D eigenvalue weighted by Gasteiger charge is -2.10. The van der Waals surface area contributed by atoms with Crippen molar-refractivity contribution in [2.75, 3.05) is 11.9 Å². The molecule has 1 rings (SSSR count). The Balaban J connectivity index is 2.64. The normalized spacial score (nSPS) is 10.1. The summed E-state index contributed by atoms with van der Waals surface area (Å²) < 4.78 is 3.17. The number of unbranched alkanes of at least 4 members (excludes halogenated alkanes) is 1. The number of allylic oxidation sites excluding steroid dienone is 1. The SMILES string of the molecule is C=CCCCNc1c(Br)cc(Br)cc1Br. The van der Waals surface area contributed by atoms with Gasteiger partial charge in [-0.1, -0.05) is 22.0 Å². The number of nitrogens with one attached hydrogen (secondary N) is 1. The molecule has 0 aliphatic heterocycles. The fourth-order valence-corrected chi connectivity index (χ4v) is 3.71. The van der Waals surface area contributed by atoms with E-state index in [0.29, 0.717) is 0 Å². The van der Waals surface area contributed by atoms with Gasteiger partial charge in [0.05, 0.1) is 5.69 Å². The molecule has 0 fully saturated rings. The van der Waals surface area contributed by atoms with Crippen LogP contribution in [0.4, 0.5) is 5.69 Å². The van der Waals surface area contributed by atoms with E-state index in [-0.39, 0.29) is 0 Å². The summed E-state index contributed by atoms with van der Waals surface area (Å²) in [5.41, 5.74) is 1.10. The Kier molecular flexibility index (Phi) is 5.94. The summed E-state index contributed by atoms with van der Waals surface area (Å²) in [6.07, 6.45) is 4.07. The van der Waals surface area contributed by atoms with Crippen LogP contribution in [0.15, 0.2) is 38.2 Å². The highest BCUT2D eigenvalue weighted by Gasteiger charge is 2.05. The molecular formula is C11H12Br3N. The van der Waals surface area contributed by atoms with Gasteiger partial charge in [-0.2, -0.15) is 0 Å². The second-order valence-electron chi connectivity index (χ2n) is 3.10. The first-order chi connectivity index (χ1) is 7.15. The molecule has 15 heavy (non-hydrogen) atoms. The Hall–Kier alpha value is 0.200. The number of rotatable bonds is 5. The van der Waals surface area contributed by atoms with Gasteiger partial charge < -0.3 is 5.32 Å². The quantitative estimate of drug-likeness (QED) is 0.521. The minimum absolute atomic E-state index is 0.949. The zero-order chi connectivity index (χ0) is 11.3. The van der Waals surface area contributed by atoms with E-state index in [4.69, 9.17) is 0 Å². The van der Waals surface area contributed by atoms with Crippen LogP contribution in [0.2, 0.25) is 0 Å². The molecule has 0 radical (unpaired) electrons. The molecule has 0 saturated carbocycles. The van der Waals surface area contributed by atoms with Gasteiger partial charge in [0.15, 0.2) is 0 Å². The van der Waals surface area contributed by atoms with E-state index in [2.05, 4.69) is 59.7 Å². The van der Waals surface area contributed by atoms with E-state index in [0.717, 1.165) is 38.5 Å². The second-order valence-corrected chi connectivity index (χ2v) is 5.73. The Bertz CT molecular complexity index is 327. The average molecular weight is 398 g/mol. The lowest BCUT2D eigenvalue weighted by atomic mass is 10.3. The third-order valence-corrected chi connectivity index (χ3v) is 3.60. The number of hydrogen-bond donors (Lipinski definition) is 1. The predicted molar refractivity (Wildman–Crippen MR) is 77.5 cm³/mol. The Morgan fingerprint density at radius 3 is 2.33 bits per heavy atom. The fourth-order valence-electron chi connectivity index (χ4n) is 1.17. The monoisotopic (exact) mass is 395 g/mol. The summed E-state index contributed by atoms with van der Waals surface area (Å²) in [5, 5.41) is 3.38. The summed E-state index contributed by atoms with van der Waals surface area (Å²) in [6.45, 7) is 4.65. The molecule has 1 N–H and O–H groups in total. The van der Waals surface area contributed by atoms with Crippen LogP contribution in [0.25, 0.3) is 0 Å². The van der Waals surface area contributed by atoms with Gasteiger partial charge in [0.2, 0.25) is 0 Å². The summed E-state index contributed by atoms with van der Waals surface area (Å²) in [5.74, 6) is 0. The van der Waals surface area contributed by atoms with Gasteiger partial charge in [-0.25, -0.2) is 0 Å². The highest BCUT2D eigenvalue weighted by Crippen LogP contribution is 2.34. The van der Waals surface area contributed by atoms with Crippen LogP contribution in [-0.4, -0.2) is 6.54 Å². The van der Waals surface area contributed by atoms with Crippen molar-refractivity contribution < 1.29 is 0 Å². The minimum Gasteiger partial charge on any atom is -0.383 e. The molecule has 0 unspecified atom stereocenters. The standard InChI is InChI=1S/C11H12Br3N/c1-2-3-4-5-15-11-9(13)6-8(12)7-10(11)14/h2,6-7,15H,1,3-5H2. The first kappa shape index (κ1) is 13.3. The van der Waals surface area contributed by atoms with Crippen LogP contribution in [-0.2, 0) is 0 Å². The molecule has 1 aromatic rings. The summed E-state index contributed by atoms with van der Waals surface area (Å²) in [4.78, 5) is 0. The molecule has 1 nitrogen and oxygen atoms in total. The van der Waals surface area contributed by atoms with E-state index >= 15 is 0 Å². The van der Waals surface area contributed by atoms with Gasteiger partial charge >= 0.3 is 0 Å². The molecule has 0 heterocycles. The molecule has 0 aliphatic carbocycles. The second kappa shape index (κ2) is 6.71. The van der Waals surface area contributed by atoms with Crippen LogP contribution in [0, 0.1) is 0 Å². The zero-order valence-electron chi connectivity index (χ0n) is 8.19. The molecule has 0 saturated heterocycles. The van der Waals surface area contributed by atoms with Crippen molar-refractivity contribution in [2.45, 2.75) is 12.8 Å². The predicted octanol–water partition coefficient (Wildman–Crippen LogP) is 5.35. The van der Waals surface area contributed by atoms with E-state index in [1.165, 1.54) is 0 Å². The lowest BCUT2D eigenvalue weighted by Crippen LogP contribution is -2.02. The maximum absolute atomic E-state index is 3.70. The van der Waals surface area contributed by atoms with E-state index in [9.17, 15) is 0 Å². The van der Waals surface area contributed by atoms with Gasteiger partial charge in [0, 0.05) is 20.0 Å². The Morgan fingerprint density at radius 2 is 1.80 bits per heavy atom. The highest BCUT2D eigenvalue weighted by molar-refractivity contribution is 9.11. The smallest absolute Gasteiger partial charge is 0.0629 e. The van der Waals surface area contributed by atoms with Crippen molar-refractivity contribution in [3.63, 3.8) is 0 Å². The van der Waals surface area contributed by atoms with Gasteiger partial charge in [0.1, 0.15) is 0 Å². The maximum Gasteiger partial charge on any atom is 0.0629 e. The molecule has 0 spiro atoms. The zero-order valence-corrected chi connectivity index (χ0v) is 13.0. The van der Waals surface area contributed by atoms with Crippen molar-refractivity contribution >= 4 is 53.5 Å². The molecule has 0 amide bonds. The molecular weight excluding hydrogens is 386 g/mol. The molecule has 0 bridgehead atoms. The Morgan fingerprint density at radius 1 is 1.20 bits per heavy atom. The molecule has 0 aliphatic rings. The van der Waals surface area contributed by atoms with Crippen molar-refractivity contribution in [1.82, 2.24) is 0 Å². The van der Waals surface area contributed by atoms with Crippen molar-refractivity contribution in [3.8, 4) is 0 Å². The molecule has 0 atom stereocenters. The molecule has 82 valence electrons. The fraction of sp³-hybridized carbons (Fsp3) is 0.273. The molecule has 4 heteroatoms. The van der Waals surface area contributed by atoms with E-state index in [1.807, 2.05) is 18.2 Å². The Labute approximate surface area is 116 Å². The third-order valence-electron chi connectivity index (χ3n) is 1.89. The highest BCUT2D eigenvalue weighted by atomic mass is 79.9. The van der Waals surface area contributed by atoms with E-state index < -0.39 is 0 Å². The molecule has 0 aromatic heterocycles. The minimum atomic E-state index is 0.949. The van der Waals surface area contributed by atoms with Crippen LogP contribution >= 0.6 is 47.8 Å². The summed E-state index contributed by atoms with van der Waals surface area (Å²) in [7, 11) is 0. The van der Waals surface area contributed by atoms with Gasteiger partial charge in [-0.15, -0.1) is 6.58 Å². The first-order valence-corrected chi connectivity index (χ1v) is 7.02. The number of anilines is 1. The summed E-state index contributed by atoms with van der Waals surface area (Å²) >= 11 is 10.5. The van der Waals surface area contributed by atoms with Crippen LogP contribution in [0.3, 0.4) is 0 Å². The van der Waals surface area contributed by atoms with Crippen molar-refractivity contribution in [1.29, 1.82) is 0 Å². The average Bonchev–Trinajstić information content (AvgIpc) is 2.15. The number of benzene rings is 1. The van der Waals surface area contributed by atoms with Crippen LogP contribution < -0.4 is 5.32 Å².